The fraction of sp³-hybridized carbons (Fsp3) is 0.359. The van der Waals surface area contributed by atoms with Crippen LogP contribution in [0.1, 0.15) is 181 Å². The van der Waals surface area contributed by atoms with Crippen LogP contribution in [0, 0.1) is 0 Å². The molecule has 10 aromatic rings. The highest BCUT2D eigenvalue weighted by molar-refractivity contribution is 7.33. The molecule has 0 radical (unpaired) electrons. The van der Waals surface area contributed by atoms with Gasteiger partial charge in [0.15, 0.2) is 0 Å². The number of para-hydroxylation sites is 2. The molecule has 0 atom stereocenters. The summed E-state index contributed by atoms with van der Waals surface area (Å²) in [5, 5.41) is 3.65. The Morgan fingerprint density at radius 3 is 1.57 bits per heavy atom. The Hall–Kier alpha value is -7.02. The minimum atomic E-state index is -0.0623. The maximum atomic E-state index is 7.06. The van der Waals surface area contributed by atoms with E-state index in [-0.39, 0.29) is 44.6 Å². The predicted molar refractivity (Wildman–Crippen MR) is 362 cm³/mol. The predicted octanol–water partition coefficient (Wildman–Crippen LogP) is 20.7. The number of rotatable bonds is 5. The Bertz CT molecular complexity index is 4350. The van der Waals surface area contributed by atoms with Gasteiger partial charge in [0.05, 0.1) is 22.4 Å². The van der Waals surface area contributed by atoms with Crippen molar-refractivity contribution in [1.29, 1.82) is 0 Å². The molecule has 8 aromatic carbocycles. The van der Waals surface area contributed by atoms with E-state index < -0.39 is 0 Å². The van der Waals surface area contributed by atoms with Crippen LogP contribution in [-0.4, -0.2) is 6.71 Å². The summed E-state index contributed by atoms with van der Waals surface area (Å²) in [7, 11) is 0. The molecule has 0 saturated heterocycles. The lowest BCUT2D eigenvalue weighted by Gasteiger charge is -2.47. The Morgan fingerprint density at radius 1 is 0.440 bits per heavy atom. The van der Waals surface area contributed by atoms with Gasteiger partial charge in [0.1, 0.15) is 11.2 Å². The van der Waals surface area contributed by atoms with Crippen LogP contribution in [0.2, 0.25) is 0 Å². The first-order chi connectivity index (χ1) is 39.7. The third-order valence-corrected chi connectivity index (χ3v) is 22.8. The molecule has 6 heteroatoms. The van der Waals surface area contributed by atoms with Crippen LogP contribution in [-0.2, 0) is 37.9 Å². The zero-order valence-electron chi connectivity index (χ0n) is 52.4. The summed E-state index contributed by atoms with van der Waals surface area (Å²) in [4.78, 5) is 7.97. The number of fused-ring (bicyclic) bond motifs is 12. The molecular weight excluding hydrogens is 1040 g/mol. The normalized spacial score (nSPS) is 19.1. The highest BCUT2D eigenvalue weighted by Crippen LogP contribution is 2.57. The van der Waals surface area contributed by atoms with E-state index in [0.717, 1.165) is 70.4 Å². The van der Waals surface area contributed by atoms with Crippen molar-refractivity contribution in [2.75, 3.05) is 14.7 Å². The van der Waals surface area contributed by atoms with Gasteiger partial charge in [0.2, 0.25) is 0 Å². The molecule has 2 aliphatic heterocycles. The lowest BCUT2D eigenvalue weighted by Crippen LogP contribution is -2.61. The summed E-state index contributed by atoms with van der Waals surface area (Å²) in [6.45, 7) is 36.7. The molecule has 3 aliphatic carbocycles. The summed E-state index contributed by atoms with van der Waals surface area (Å²) < 4.78 is 9.87. The second-order valence-electron chi connectivity index (χ2n) is 30.9. The maximum absolute atomic E-state index is 7.06. The van der Waals surface area contributed by atoms with Crippen LogP contribution < -0.4 is 30.4 Å². The third-order valence-electron chi connectivity index (χ3n) is 21.6. The zero-order chi connectivity index (χ0) is 58.6. The molecule has 0 unspecified atom stereocenters. The standard InChI is InChI=1S/C78H82BN3OS/c1-72(2,3)47-29-31-52-66(39-47)83-65-28-22-27-61(68(52)65)82-62-45-58-57(76(10,11)36-37-77(58,12)13)44-60(62)79-69-63(41-51(42-64(69)82)80(48-23-18-16-19-24-48)49-25-20-17-21-26-49)81(50-30-32-54-55(40-50)74(6,7)34-33-73(54,4)5)70-53-43-56-59(46-67(53)84-71(70)79)78(14,15)38-35-75(56,8)9/h16-32,39-46H,33-38H2,1-15H3. The second kappa shape index (κ2) is 17.8. The first kappa shape index (κ1) is 53.7. The summed E-state index contributed by atoms with van der Waals surface area (Å²) in [5.74, 6) is 0. The minimum Gasteiger partial charge on any atom is -0.456 e. The van der Waals surface area contributed by atoms with E-state index in [1.54, 1.807) is 0 Å². The highest BCUT2D eigenvalue weighted by Gasteiger charge is 2.50. The topological polar surface area (TPSA) is 22.9 Å². The molecule has 5 aliphatic rings. The molecule has 0 amide bonds. The van der Waals surface area contributed by atoms with Gasteiger partial charge in [-0.25, -0.2) is 0 Å². The summed E-state index contributed by atoms with van der Waals surface area (Å²) in [5.41, 5.74) is 25.5. The number of hydrogen-bond donors (Lipinski definition) is 0. The van der Waals surface area contributed by atoms with Crippen LogP contribution in [0.25, 0.3) is 32.0 Å². The van der Waals surface area contributed by atoms with Gasteiger partial charge in [0.25, 0.3) is 6.71 Å². The quantitative estimate of drug-likeness (QED) is 0.160. The Kier molecular flexibility index (Phi) is 11.4. The number of thiophene rings is 1. The Morgan fingerprint density at radius 2 is 0.976 bits per heavy atom. The van der Waals surface area contributed by atoms with Crippen molar-refractivity contribution in [2.45, 2.75) is 180 Å². The van der Waals surface area contributed by atoms with Crippen molar-refractivity contribution in [2.24, 2.45) is 0 Å². The largest absolute Gasteiger partial charge is 0.456 e. The lowest BCUT2D eigenvalue weighted by atomic mass is 9.35. The molecule has 0 spiro atoms. The number of benzene rings is 8. The SMILES string of the molecule is CC(C)(C)c1ccc2c(c1)oc1cccc(N3c4cc5c(cc4B4c6sc7cc8c(cc7c6N(c6ccc7c(c6)C(C)(C)CCC7(C)C)c6cc(N(c7ccccc7)c7ccccc7)cc3c64)C(C)(C)CCC8(C)C)C(C)(C)CCC5(C)C)c12. The van der Waals surface area contributed by atoms with Gasteiger partial charge in [-0.2, -0.15) is 0 Å². The van der Waals surface area contributed by atoms with Gasteiger partial charge in [0, 0.05) is 54.4 Å². The average molecular weight is 1120 g/mol. The maximum Gasteiger partial charge on any atom is 0.264 e. The van der Waals surface area contributed by atoms with Crippen LogP contribution in [0.4, 0.5) is 51.2 Å². The van der Waals surface area contributed by atoms with Crippen molar-refractivity contribution in [1.82, 2.24) is 0 Å². The van der Waals surface area contributed by atoms with E-state index in [4.69, 9.17) is 4.42 Å². The molecule has 0 bridgehead atoms. The van der Waals surface area contributed by atoms with E-state index in [1.165, 1.54) is 106 Å². The number of nitrogens with zero attached hydrogens (tertiary/aromatic N) is 3. The third kappa shape index (κ3) is 7.90. The smallest absolute Gasteiger partial charge is 0.264 e. The summed E-state index contributed by atoms with van der Waals surface area (Å²) in [6, 6.07) is 59.4. The van der Waals surface area contributed by atoms with Crippen LogP contribution >= 0.6 is 11.3 Å². The van der Waals surface area contributed by atoms with E-state index in [0.29, 0.717) is 0 Å². The first-order valence-corrected chi connectivity index (χ1v) is 32.1. The Balaban J connectivity index is 1.13. The van der Waals surface area contributed by atoms with E-state index in [1.807, 2.05) is 0 Å². The molecule has 0 N–H and O–H groups in total. The van der Waals surface area contributed by atoms with Gasteiger partial charge >= 0.3 is 0 Å². The molecule has 84 heavy (non-hydrogen) atoms. The number of furan rings is 1. The number of hydrogen-bond acceptors (Lipinski definition) is 5. The van der Waals surface area contributed by atoms with Crippen LogP contribution in [0.15, 0.2) is 156 Å². The fourth-order valence-electron chi connectivity index (χ4n) is 16.0. The van der Waals surface area contributed by atoms with Crippen molar-refractivity contribution < 1.29 is 4.42 Å². The van der Waals surface area contributed by atoms with Gasteiger partial charge < -0.3 is 19.1 Å². The monoisotopic (exact) mass is 1120 g/mol. The fourth-order valence-corrected chi connectivity index (χ4v) is 17.4. The van der Waals surface area contributed by atoms with Crippen LogP contribution in [0.3, 0.4) is 0 Å². The molecule has 0 fully saturated rings. The Labute approximate surface area is 504 Å². The van der Waals surface area contributed by atoms with Crippen molar-refractivity contribution in [3.63, 3.8) is 0 Å². The van der Waals surface area contributed by atoms with Gasteiger partial charge in [-0.15, -0.1) is 11.3 Å². The summed E-state index contributed by atoms with van der Waals surface area (Å²) >= 11 is 2.06. The van der Waals surface area contributed by atoms with Gasteiger partial charge in [-0.05, 0) is 211 Å². The van der Waals surface area contributed by atoms with E-state index in [2.05, 4.69) is 282 Å². The van der Waals surface area contributed by atoms with Crippen molar-refractivity contribution in [3.05, 3.63) is 191 Å². The second-order valence-corrected chi connectivity index (χ2v) is 32.0. The molecule has 0 saturated carbocycles. The summed E-state index contributed by atoms with van der Waals surface area (Å²) in [6.07, 6.45) is 6.92. The zero-order valence-corrected chi connectivity index (χ0v) is 53.2. The minimum absolute atomic E-state index is 0.00120. The highest BCUT2D eigenvalue weighted by atomic mass is 32.1. The van der Waals surface area contributed by atoms with Crippen molar-refractivity contribution >= 4 is 117 Å². The molecule has 4 nitrogen and oxygen atoms in total. The molecule has 2 aromatic heterocycles. The number of anilines is 9. The lowest BCUT2D eigenvalue weighted by molar-refractivity contribution is 0.332. The molecule has 424 valence electrons. The van der Waals surface area contributed by atoms with Gasteiger partial charge in [-0.1, -0.05) is 171 Å². The van der Waals surface area contributed by atoms with E-state index in [9.17, 15) is 0 Å². The van der Waals surface area contributed by atoms with E-state index >= 15 is 0 Å². The molecule has 4 heterocycles. The average Bonchev–Trinajstić information content (AvgIpc) is 2.30. The molecule has 15 rings (SSSR count). The molecular formula is C78H82BN3OS. The van der Waals surface area contributed by atoms with Crippen LogP contribution in [0.5, 0.6) is 0 Å². The first-order valence-electron chi connectivity index (χ1n) is 31.3. The van der Waals surface area contributed by atoms with Gasteiger partial charge in [-0.3, -0.25) is 0 Å². The van der Waals surface area contributed by atoms with Crippen molar-refractivity contribution in [3.8, 4) is 0 Å².